The first-order valence-electron chi connectivity index (χ1n) is 11.3. The van der Waals surface area contributed by atoms with Gasteiger partial charge in [-0.3, -0.25) is 4.79 Å². The second-order valence-electron chi connectivity index (χ2n) is 8.02. The molecule has 0 saturated carbocycles. The lowest BCUT2D eigenvalue weighted by atomic mass is 10.1. The summed E-state index contributed by atoms with van der Waals surface area (Å²) in [5.41, 5.74) is 1.67. The third kappa shape index (κ3) is 5.62. The van der Waals surface area contributed by atoms with Gasteiger partial charge in [-0.2, -0.15) is 0 Å². The largest absolute Gasteiger partial charge is 0.462 e. The molecule has 2 aromatic heterocycles. The number of urea groups is 1. The van der Waals surface area contributed by atoms with Gasteiger partial charge in [-0.05, 0) is 42.5 Å². The van der Waals surface area contributed by atoms with Crippen LogP contribution >= 0.6 is 11.3 Å². The number of esters is 1. The maximum absolute atomic E-state index is 12.5. The molecule has 0 bridgehead atoms. The van der Waals surface area contributed by atoms with Crippen LogP contribution in [0.25, 0.3) is 0 Å². The molecule has 0 unspecified atom stereocenters. The molecule has 4 rings (SSSR count). The molecule has 2 aliphatic heterocycles. The van der Waals surface area contributed by atoms with Gasteiger partial charge < -0.3 is 24.8 Å². The maximum atomic E-state index is 12.5. The number of piperazine rings is 1. The number of rotatable bonds is 6. The second-order valence-corrected chi connectivity index (χ2v) is 9.02. The molecule has 1 N–H and O–H groups in total. The van der Waals surface area contributed by atoms with E-state index in [-0.39, 0.29) is 17.9 Å². The number of carbonyl (C=O) groups excluding carboxylic acids is 3. The highest BCUT2D eigenvalue weighted by Gasteiger charge is 2.24. The van der Waals surface area contributed by atoms with Crippen LogP contribution in [-0.2, 0) is 22.5 Å². The number of pyridine rings is 1. The van der Waals surface area contributed by atoms with Crippen molar-refractivity contribution >= 4 is 35.1 Å². The highest BCUT2D eigenvalue weighted by Crippen LogP contribution is 2.24. The van der Waals surface area contributed by atoms with Crippen LogP contribution in [0.4, 0.5) is 10.6 Å². The summed E-state index contributed by atoms with van der Waals surface area (Å²) >= 11 is 1.75. The molecular formula is C23H29N5O4S. The molecule has 176 valence electrons. The summed E-state index contributed by atoms with van der Waals surface area (Å²) in [7, 11) is 0. The third-order valence-electron chi connectivity index (χ3n) is 5.93. The molecule has 4 heterocycles. The summed E-state index contributed by atoms with van der Waals surface area (Å²) in [5, 5.41) is 4.96. The lowest BCUT2D eigenvalue weighted by molar-refractivity contribution is -0.131. The van der Waals surface area contributed by atoms with E-state index in [1.165, 1.54) is 16.6 Å². The van der Waals surface area contributed by atoms with Crippen LogP contribution in [0.3, 0.4) is 0 Å². The van der Waals surface area contributed by atoms with Crippen LogP contribution in [-0.4, -0.2) is 78.6 Å². The first-order chi connectivity index (χ1) is 16.0. The van der Waals surface area contributed by atoms with Gasteiger partial charge in [-0.15, -0.1) is 11.3 Å². The smallest absolute Gasteiger partial charge is 0.339 e. The molecule has 2 aromatic rings. The molecule has 33 heavy (non-hydrogen) atoms. The first-order valence-corrected chi connectivity index (χ1v) is 12.2. The van der Waals surface area contributed by atoms with Crippen molar-refractivity contribution in [2.75, 3.05) is 50.8 Å². The zero-order valence-electron chi connectivity index (χ0n) is 18.8. The Morgan fingerprint density at radius 3 is 2.64 bits per heavy atom. The fourth-order valence-corrected chi connectivity index (χ4v) is 4.94. The Bertz CT molecular complexity index is 985. The predicted molar refractivity (Wildman–Crippen MR) is 125 cm³/mol. The van der Waals surface area contributed by atoms with Crippen LogP contribution in [0.2, 0.25) is 0 Å². The third-order valence-corrected chi connectivity index (χ3v) is 6.95. The molecule has 0 aromatic carbocycles. The van der Waals surface area contributed by atoms with Crippen molar-refractivity contribution in [3.63, 3.8) is 0 Å². The minimum Gasteiger partial charge on any atom is -0.462 e. The van der Waals surface area contributed by atoms with Gasteiger partial charge in [-0.25, -0.2) is 14.6 Å². The number of aromatic nitrogens is 1. The Morgan fingerprint density at radius 1 is 1.09 bits per heavy atom. The quantitative estimate of drug-likeness (QED) is 0.649. The molecular weight excluding hydrogens is 442 g/mol. The number of ether oxygens (including phenoxy) is 1. The Labute approximate surface area is 197 Å². The van der Waals surface area contributed by atoms with Crippen LogP contribution in [0.5, 0.6) is 0 Å². The van der Waals surface area contributed by atoms with E-state index in [4.69, 9.17) is 4.74 Å². The normalized spacial score (nSPS) is 15.7. The molecule has 1 fully saturated rings. The monoisotopic (exact) mass is 471 g/mol. The van der Waals surface area contributed by atoms with Gasteiger partial charge in [0.25, 0.3) is 0 Å². The number of carbonyl (C=O) groups is 3. The first kappa shape index (κ1) is 23.0. The van der Waals surface area contributed by atoms with Crippen molar-refractivity contribution in [3.8, 4) is 0 Å². The molecule has 2 aliphatic rings. The van der Waals surface area contributed by atoms with Crippen molar-refractivity contribution < 1.29 is 19.1 Å². The van der Waals surface area contributed by atoms with Crippen molar-refractivity contribution in [3.05, 3.63) is 45.8 Å². The summed E-state index contributed by atoms with van der Waals surface area (Å²) in [6, 6.07) is 5.45. The highest BCUT2D eigenvalue weighted by atomic mass is 32.1. The van der Waals surface area contributed by atoms with E-state index in [0.29, 0.717) is 57.9 Å². The van der Waals surface area contributed by atoms with E-state index >= 15 is 0 Å². The highest BCUT2D eigenvalue weighted by molar-refractivity contribution is 7.10. The topological polar surface area (TPSA) is 95.1 Å². The average molecular weight is 472 g/mol. The van der Waals surface area contributed by atoms with Crippen molar-refractivity contribution in [2.24, 2.45) is 0 Å². The number of hydrogen-bond donors (Lipinski definition) is 1. The molecule has 10 heteroatoms. The fraction of sp³-hybridized carbons (Fsp3) is 0.478. The zero-order chi connectivity index (χ0) is 23.2. The van der Waals surface area contributed by atoms with E-state index in [0.717, 1.165) is 18.8 Å². The molecule has 0 spiro atoms. The summed E-state index contributed by atoms with van der Waals surface area (Å²) in [6.07, 6.45) is 2.74. The van der Waals surface area contributed by atoms with Crippen LogP contribution in [0, 0.1) is 0 Å². The molecule has 3 amide bonds. The summed E-state index contributed by atoms with van der Waals surface area (Å²) in [6.45, 7) is 6.27. The second kappa shape index (κ2) is 10.7. The number of hydrogen-bond acceptors (Lipinski definition) is 7. The van der Waals surface area contributed by atoms with Crippen LogP contribution in [0.15, 0.2) is 29.8 Å². The Morgan fingerprint density at radius 2 is 1.91 bits per heavy atom. The van der Waals surface area contributed by atoms with Gasteiger partial charge in [0.05, 0.1) is 12.2 Å². The van der Waals surface area contributed by atoms with Gasteiger partial charge in [-0.1, -0.05) is 0 Å². The number of thiophene rings is 1. The number of amides is 3. The lowest BCUT2D eigenvalue weighted by Gasteiger charge is -2.35. The van der Waals surface area contributed by atoms with E-state index in [9.17, 15) is 14.4 Å². The molecule has 1 saturated heterocycles. The summed E-state index contributed by atoms with van der Waals surface area (Å²) < 4.78 is 4.98. The van der Waals surface area contributed by atoms with Gasteiger partial charge >= 0.3 is 12.0 Å². The van der Waals surface area contributed by atoms with Gasteiger partial charge in [0.1, 0.15) is 5.82 Å². The average Bonchev–Trinajstić information content (AvgIpc) is 3.32. The number of fused-ring (bicyclic) bond motifs is 1. The predicted octanol–water partition coefficient (Wildman–Crippen LogP) is 2.13. The van der Waals surface area contributed by atoms with Crippen molar-refractivity contribution in [1.29, 1.82) is 0 Å². The van der Waals surface area contributed by atoms with Gasteiger partial charge in [0, 0.05) is 63.3 Å². The number of nitrogens with zero attached hydrogens (tertiary/aromatic N) is 4. The molecule has 0 radical (unpaired) electrons. The standard InChI is InChI=1S/C23H29N5O4S/c1-2-32-22(30)17-3-4-20(25-15-17)26-10-12-27(13-11-26)23(31)24-8-5-21(29)28-9-6-19-18(16-28)7-14-33-19/h3-4,7,14-15H,2,5-6,8-13,16H2,1H3,(H,24,31). The molecule has 0 aliphatic carbocycles. The van der Waals surface area contributed by atoms with Crippen molar-refractivity contribution in [1.82, 2.24) is 20.1 Å². The van der Waals surface area contributed by atoms with Gasteiger partial charge in [0.15, 0.2) is 0 Å². The van der Waals surface area contributed by atoms with Crippen LogP contribution in [0.1, 0.15) is 34.1 Å². The van der Waals surface area contributed by atoms with Crippen LogP contribution < -0.4 is 10.2 Å². The Kier molecular flexibility index (Phi) is 7.43. The lowest BCUT2D eigenvalue weighted by Crippen LogP contribution is -2.52. The minimum absolute atomic E-state index is 0.0781. The van der Waals surface area contributed by atoms with Crippen molar-refractivity contribution in [2.45, 2.75) is 26.3 Å². The maximum Gasteiger partial charge on any atom is 0.339 e. The van der Waals surface area contributed by atoms with E-state index < -0.39 is 0 Å². The Hall–Kier alpha value is -3.14. The molecule has 0 atom stereocenters. The Balaban J connectivity index is 1.17. The van der Waals surface area contributed by atoms with Gasteiger partial charge in [0.2, 0.25) is 5.91 Å². The van der Waals surface area contributed by atoms with E-state index in [1.807, 2.05) is 4.90 Å². The zero-order valence-corrected chi connectivity index (χ0v) is 19.6. The SMILES string of the molecule is CCOC(=O)c1ccc(N2CCN(C(=O)NCCC(=O)N3CCc4sccc4C3)CC2)nc1. The summed E-state index contributed by atoms with van der Waals surface area (Å²) in [4.78, 5) is 48.2. The molecule has 9 nitrogen and oxygen atoms in total. The fourth-order valence-electron chi connectivity index (χ4n) is 4.05. The number of anilines is 1. The summed E-state index contributed by atoms with van der Waals surface area (Å²) in [5.74, 6) is 0.464. The van der Waals surface area contributed by atoms with E-state index in [2.05, 4.69) is 26.6 Å². The van der Waals surface area contributed by atoms with E-state index in [1.54, 1.807) is 35.3 Å². The number of nitrogens with one attached hydrogen (secondary N) is 1. The minimum atomic E-state index is -0.381.